The summed E-state index contributed by atoms with van der Waals surface area (Å²) in [5.41, 5.74) is 2.88. The molecule has 0 fully saturated rings. The average molecular weight is 357 g/mol. The van der Waals surface area contributed by atoms with Crippen LogP contribution in [0.5, 0.6) is 11.5 Å². The highest BCUT2D eigenvalue weighted by Crippen LogP contribution is 2.35. The number of phenols is 2. The van der Waals surface area contributed by atoms with Crippen LogP contribution in [0.15, 0.2) is 58.6 Å². The van der Waals surface area contributed by atoms with Crippen LogP contribution < -0.4 is 0 Å². The zero-order chi connectivity index (χ0) is 15.7. The van der Waals surface area contributed by atoms with Crippen LogP contribution in [0.4, 0.5) is 0 Å². The molecule has 0 atom stereocenters. The van der Waals surface area contributed by atoms with Crippen molar-refractivity contribution in [1.29, 1.82) is 0 Å². The third kappa shape index (κ3) is 2.83. The largest absolute Gasteiger partial charge is 0.504 e. The van der Waals surface area contributed by atoms with Crippen molar-refractivity contribution >= 4 is 27.8 Å². The van der Waals surface area contributed by atoms with Crippen molar-refractivity contribution in [3.63, 3.8) is 0 Å². The second-order valence-corrected chi connectivity index (χ2v) is 6.02. The van der Waals surface area contributed by atoms with Crippen LogP contribution >= 0.6 is 15.9 Å². The number of halogens is 1. The molecule has 0 saturated heterocycles. The fraction of sp³-hybridized carbons (Fsp3) is 0.0556. The summed E-state index contributed by atoms with van der Waals surface area (Å²) in [4.78, 5) is 12.2. The second kappa shape index (κ2) is 5.81. The van der Waals surface area contributed by atoms with Gasteiger partial charge >= 0.3 is 0 Å². The summed E-state index contributed by atoms with van der Waals surface area (Å²) in [6.07, 6.45) is 6.00. The quantitative estimate of drug-likeness (QED) is 0.624. The van der Waals surface area contributed by atoms with Gasteiger partial charge in [0.25, 0.3) is 0 Å². The monoisotopic (exact) mass is 356 g/mol. The lowest BCUT2D eigenvalue weighted by molar-refractivity contribution is 0.103. The van der Waals surface area contributed by atoms with Gasteiger partial charge in [0.1, 0.15) is 0 Å². The topological polar surface area (TPSA) is 57.5 Å². The van der Waals surface area contributed by atoms with Crippen molar-refractivity contribution < 1.29 is 15.0 Å². The van der Waals surface area contributed by atoms with E-state index in [1.807, 2.05) is 36.4 Å². The molecule has 2 N–H and O–H groups in total. The normalized spacial score (nSPS) is 15.7. The fourth-order valence-electron chi connectivity index (χ4n) is 2.42. The molecule has 1 aliphatic rings. The van der Waals surface area contributed by atoms with Gasteiger partial charge in [-0.2, -0.15) is 0 Å². The number of Topliss-reactive ketones (excluding diaryl/α,β-unsaturated/α-hetero) is 1. The number of hydrogen-bond donors (Lipinski definition) is 2. The van der Waals surface area contributed by atoms with Crippen LogP contribution in [-0.4, -0.2) is 16.0 Å². The van der Waals surface area contributed by atoms with Crippen LogP contribution in [-0.2, 0) is 6.42 Å². The highest BCUT2D eigenvalue weighted by Gasteiger charge is 2.25. The van der Waals surface area contributed by atoms with Gasteiger partial charge in [0, 0.05) is 22.0 Å². The molecule has 0 amide bonds. The maximum Gasteiger partial charge on any atom is 0.189 e. The number of fused-ring (bicyclic) bond motifs is 1. The minimum atomic E-state index is -0.265. The predicted octanol–water partition coefficient (Wildman–Crippen LogP) is 4.24. The maximum absolute atomic E-state index is 12.2. The number of hydrogen-bond acceptors (Lipinski definition) is 3. The minimum absolute atomic E-state index is 0.106. The Kier molecular flexibility index (Phi) is 3.86. The van der Waals surface area contributed by atoms with E-state index in [9.17, 15) is 15.0 Å². The first-order valence-corrected chi connectivity index (χ1v) is 7.56. The number of benzene rings is 2. The Morgan fingerprint density at radius 1 is 1.05 bits per heavy atom. The number of aromatic hydroxyl groups is 2. The molecule has 22 heavy (non-hydrogen) atoms. The molecule has 3 nitrogen and oxygen atoms in total. The Labute approximate surface area is 136 Å². The van der Waals surface area contributed by atoms with Crippen molar-refractivity contribution in [2.75, 3.05) is 0 Å². The van der Waals surface area contributed by atoms with Gasteiger partial charge in [0.15, 0.2) is 17.3 Å². The van der Waals surface area contributed by atoms with E-state index < -0.39 is 0 Å². The Balaban J connectivity index is 1.82. The van der Waals surface area contributed by atoms with Crippen LogP contribution in [0.1, 0.15) is 21.5 Å². The number of carbonyl (C=O) groups excluding carboxylic acids is 1. The molecule has 0 heterocycles. The molecule has 3 rings (SSSR count). The summed E-state index contributed by atoms with van der Waals surface area (Å²) >= 11 is 3.38. The summed E-state index contributed by atoms with van der Waals surface area (Å²) in [5.74, 6) is -0.567. The lowest BCUT2D eigenvalue weighted by atomic mass is 10.1. The summed E-state index contributed by atoms with van der Waals surface area (Å²) < 4.78 is 1.02. The summed E-state index contributed by atoms with van der Waals surface area (Å²) in [6.45, 7) is 0. The molecule has 0 aromatic heterocycles. The van der Waals surface area contributed by atoms with E-state index in [2.05, 4.69) is 15.9 Å². The van der Waals surface area contributed by atoms with Crippen molar-refractivity contribution in [2.24, 2.45) is 0 Å². The molecule has 0 saturated carbocycles. The third-order valence-electron chi connectivity index (χ3n) is 3.57. The molecule has 0 aliphatic heterocycles. The van der Waals surface area contributed by atoms with Crippen molar-refractivity contribution in [3.05, 3.63) is 75.3 Å². The molecule has 1 aliphatic carbocycles. The van der Waals surface area contributed by atoms with E-state index >= 15 is 0 Å². The number of ketones is 1. The minimum Gasteiger partial charge on any atom is -0.504 e. The predicted molar refractivity (Wildman–Crippen MR) is 89.1 cm³/mol. The highest BCUT2D eigenvalue weighted by atomic mass is 79.9. The van der Waals surface area contributed by atoms with E-state index in [0.29, 0.717) is 17.6 Å². The molecule has 4 heteroatoms. The van der Waals surface area contributed by atoms with Crippen LogP contribution in [0.2, 0.25) is 0 Å². The average Bonchev–Trinajstić information content (AvgIpc) is 2.78. The first-order valence-electron chi connectivity index (χ1n) is 6.77. The Hall–Kier alpha value is -2.33. The van der Waals surface area contributed by atoms with Crippen molar-refractivity contribution in [3.8, 4) is 11.5 Å². The zero-order valence-corrected chi connectivity index (χ0v) is 13.2. The Bertz CT molecular complexity index is 802. The van der Waals surface area contributed by atoms with Gasteiger partial charge in [-0.3, -0.25) is 4.79 Å². The summed E-state index contributed by atoms with van der Waals surface area (Å²) in [6, 6.07) is 10.6. The number of allylic oxidation sites excluding steroid dienone is 3. The fourth-order valence-corrected chi connectivity index (χ4v) is 2.68. The van der Waals surface area contributed by atoms with Gasteiger partial charge in [-0.1, -0.05) is 46.3 Å². The van der Waals surface area contributed by atoms with Crippen molar-refractivity contribution in [1.82, 2.24) is 0 Å². The van der Waals surface area contributed by atoms with E-state index in [1.165, 1.54) is 12.1 Å². The Morgan fingerprint density at radius 2 is 1.73 bits per heavy atom. The molecule has 0 bridgehead atoms. The lowest BCUT2D eigenvalue weighted by Gasteiger charge is -2.00. The van der Waals surface area contributed by atoms with Gasteiger partial charge in [-0.15, -0.1) is 0 Å². The molecule has 2 aromatic carbocycles. The SMILES string of the molecule is O=C1/C(=C/C=C/c2ccc(Br)cc2)Cc2cc(O)c(O)cc21. The van der Waals surface area contributed by atoms with E-state index in [1.54, 1.807) is 6.08 Å². The first-order chi connectivity index (χ1) is 10.5. The van der Waals surface area contributed by atoms with Crippen LogP contribution in [0, 0.1) is 0 Å². The van der Waals surface area contributed by atoms with Crippen LogP contribution in [0.25, 0.3) is 6.08 Å². The zero-order valence-electron chi connectivity index (χ0n) is 11.6. The standard InChI is InChI=1S/C18H13BrO3/c19-14-6-4-11(5-7-14)2-1-3-12-8-13-9-16(20)17(21)10-15(13)18(12)22/h1-7,9-10,20-21H,8H2/b2-1+,12-3+. The summed E-state index contributed by atoms with van der Waals surface area (Å²) in [7, 11) is 0. The van der Waals surface area contributed by atoms with E-state index in [-0.39, 0.29) is 17.3 Å². The third-order valence-corrected chi connectivity index (χ3v) is 4.10. The summed E-state index contributed by atoms with van der Waals surface area (Å²) in [5, 5.41) is 19.0. The molecular weight excluding hydrogens is 344 g/mol. The molecule has 0 unspecified atom stereocenters. The molecular formula is C18H13BrO3. The molecule has 0 radical (unpaired) electrons. The molecule has 0 spiro atoms. The van der Waals surface area contributed by atoms with E-state index in [4.69, 9.17) is 0 Å². The highest BCUT2D eigenvalue weighted by molar-refractivity contribution is 9.10. The van der Waals surface area contributed by atoms with Gasteiger partial charge in [0.2, 0.25) is 0 Å². The van der Waals surface area contributed by atoms with Gasteiger partial charge in [-0.05, 0) is 35.4 Å². The first kappa shape index (κ1) is 14.6. The van der Waals surface area contributed by atoms with Crippen LogP contribution in [0.3, 0.4) is 0 Å². The second-order valence-electron chi connectivity index (χ2n) is 5.11. The van der Waals surface area contributed by atoms with Gasteiger partial charge in [-0.25, -0.2) is 0 Å². The molecule has 110 valence electrons. The van der Waals surface area contributed by atoms with Gasteiger partial charge < -0.3 is 10.2 Å². The number of carbonyl (C=O) groups is 1. The lowest BCUT2D eigenvalue weighted by Crippen LogP contribution is -1.94. The molecule has 2 aromatic rings. The smallest absolute Gasteiger partial charge is 0.189 e. The Morgan fingerprint density at radius 3 is 2.45 bits per heavy atom. The number of rotatable bonds is 2. The van der Waals surface area contributed by atoms with E-state index in [0.717, 1.165) is 15.6 Å². The van der Waals surface area contributed by atoms with Gasteiger partial charge in [0.05, 0.1) is 0 Å². The maximum atomic E-state index is 12.2. The number of phenolic OH excluding ortho intramolecular Hbond substituents is 2. The van der Waals surface area contributed by atoms with Crippen molar-refractivity contribution in [2.45, 2.75) is 6.42 Å².